The summed E-state index contributed by atoms with van der Waals surface area (Å²) in [5, 5.41) is 2.30. The molecule has 0 saturated heterocycles. The molecule has 1 aliphatic rings. The second-order valence-corrected chi connectivity index (χ2v) is 5.17. The molecule has 20 heavy (non-hydrogen) atoms. The van der Waals surface area contributed by atoms with E-state index in [0.717, 1.165) is 39.7 Å². The molecule has 2 nitrogen and oxygen atoms in total. The smallest absolute Gasteiger partial charge is 0.178 e. The highest BCUT2D eigenvalue weighted by molar-refractivity contribution is 6.07. The summed E-state index contributed by atoms with van der Waals surface area (Å²) >= 11 is 0. The minimum absolute atomic E-state index is 0.0820. The van der Waals surface area contributed by atoms with Gasteiger partial charge in [-0.1, -0.05) is 23.8 Å². The summed E-state index contributed by atoms with van der Waals surface area (Å²) in [5.41, 5.74) is 3.32. The van der Waals surface area contributed by atoms with Crippen LogP contribution in [0.25, 0.3) is 16.3 Å². The van der Waals surface area contributed by atoms with E-state index in [0.29, 0.717) is 0 Å². The molecule has 0 spiro atoms. The fourth-order valence-corrected chi connectivity index (χ4v) is 2.59. The second-order valence-electron chi connectivity index (χ2n) is 5.17. The summed E-state index contributed by atoms with van der Waals surface area (Å²) in [7, 11) is 1.67. The molecular weight excluding hydrogens is 248 g/mol. The zero-order valence-corrected chi connectivity index (χ0v) is 11.6. The van der Waals surface area contributed by atoms with E-state index in [1.54, 1.807) is 19.3 Å². The number of carbonyl (C=O) groups is 1. The van der Waals surface area contributed by atoms with Crippen LogP contribution in [0.2, 0.25) is 0 Å². The number of hydrogen-bond acceptors (Lipinski definition) is 2. The van der Waals surface area contributed by atoms with Gasteiger partial charge in [0.2, 0.25) is 0 Å². The van der Waals surface area contributed by atoms with Crippen LogP contribution >= 0.6 is 0 Å². The number of benzene rings is 2. The van der Waals surface area contributed by atoms with E-state index < -0.39 is 0 Å². The van der Waals surface area contributed by atoms with Crippen molar-refractivity contribution in [3.05, 3.63) is 59.7 Å². The number of methoxy groups -OCH3 is 1. The van der Waals surface area contributed by atoms with E-state index in [-0.39, 0.29) is 5.78 Å². The number of hydrogen-bond donors (Lipinski definition) is 0. The van der Waals surface area contributed by atoms with E-state index in [9.17, 15) is 4.79 Å². The first-order valence-electron chi connectivity index (χ1n) is 6.65. The van der Waals surface area contributed by atoms with Crippen LogP contribution in [-0.4, -0.2) is 12.9 Å². The Morgan fingerprint density at radius 3 is 2.50 bits per heavy atom. The van der Waals surface area contributed by atoms with Gasteiger partial charge in [0, 0.05) is 0 Å². The quantitative estimate of drug-likeness (QED) is 0.814. The number of rotatable bonds is 2. The fourth-order valence-electron chi connectivity index (χ4n) is 2.59. The van der Waals surface area contributed by atoms with Crippen LogP contribution in [-0.2, 0) is 4.79 Å². The van der Waals surface area contributed by atoms with Crippen molar-refractivity contribution in [3.63, 3.8) is 0 Å². The molecule has 0 fully saturated rings. The van der Waals surface area contributed by atoms with Gasteiger partial charge in [0.15, 0.2) is 5.78 Å². The Labute approximate surface area is 118 Å². The van der Waals surface area contributed by atoms with E-state index in [1.807, 2.05) is 25.1 Å². The zero-order chi connectivity index (χ0) is 14.1. The van der Waals surface area contributed by atoms with E-state index in [4.69, 9.17) is 4.74 Å². The first-order chi connectivity index (χ1) is 9.65. The number of allylic oxidation sites excluding steroid dienone is 4. The summed E-state index contributed by atoms with van der Waals surface area (Å²) in [4.78, 5) is 11.6. The van der Waals surface area contributed by atoms with Gasteiger partial charge in [0.25, 0.3) is 0 Å². The van der Waals surface area contributed by atoms with Gasteiger partial charge < -0.3 is 4.74 Å². The lowest BCUT2D eigenvalue weighted by atomic mass is 9.92. The maximum Gasteiger partial charge on any atom is 0.178 e. The Balaban J connectivity index is 2.03. The third kappa shape index (κ3) is 2.37. The minimum atomic E-state index is 0.0820. The van der Waals surface area contributed by atoms with E-state index >= 15 is 0 Å². The molecule has 0 aromatic heterocycles. The molecule has 0 heterocycles. The van der Waals surface area contributed by atoms with Crippen LogP contribution < -0.4 is 4.74 Å². The highest BCUT2D eigenvalue weighted by Crippen LogP contribution is 2.29. The summed E-state index contributed by atoms with van der Waals surface area (Å²) in [6.45, 7) is 2.00. The van der Waals surface area contributed by atoms with Crippen molar-refractivity contribution in [2.24, 2.45) is 0 Å². The average Bonchev–Trinajstić information content (AvgIpc) is 2.45. The first-order valence-corrected chi connectivity index (χ1v) is 6.65. The van der Waals surface area contributed by atoms with Crippen molar-refractivity contribution in [2.45, 2.75) is 13.3 Å². The standard InChI is InChI=1S/C18H16O2/c1-12-7-16(10-17(19)8-12)14-3-4-15-11-18(20-2)6-5-13(15)9-14/h3-6,8-11H,7H2,1-2H3. The highest BCUT2D eigenvalue weighted by Gasteiger charge is 2.11. The van der Waals surface area contributed by atoms with Crippen molar-refractivity contribution < 1.29 is 9.53 Å². The molecule has 0 unspecified atom stereocenters. The normalized spacial score (nSPS) is 15.0. The van der Waals surface area contributed by atoms with Gasteiger partial charge in [-0.3, -0.25) is 4.79 Å². The van der Waals surface area contributed by atoms with Crippen LogP contribution in [0.4, 0.5) is 0 Å². The number of ketones is 1. The molecule has 0 aliphatic heterocycles. The lowest BCUT2D eigenvalue weighted by molar-refractivity contribution is -0.110. The van der Waals surface area contributed by atoms with Gasteiger partial charge >= 0.3 is 0 Å². The largest absolute Gasteiger partial charge is 0.497 e. The monoisotopic (exact) mass is 264 g/mol. The molecule has 2 heteroatoms. The fraction of sp³-hybridized carbons (Fsp3) is 0.167. The van der Waals surface area contributed by atoms with Gasteiger partial charge in [0.1, 0.15) is 5.75 Å². The SMILES string of the molecule is COc1ccc2cc(C3=CC(=O)C=C(C)C3)ccc2c1. The third-order valence-corrected chi connectivity index (χ3v) is 3.59. The Bertz CT molecular complexity index is 751. The maximum absolute atomic E-state index is 11.6. The van der Waals surface area contributed by atoms with Crippen LogP contribution in [0.5, 0.6) is 5.75 Å². The predicted molar refractivity (Wildman–Crippen MR) is 81.9 cm³/mol. The Kier molecular flexibility index (Phi) is 3.15. The highest BCUT2D eigenvalue weighted by atomic mass is 16.5. The predicted octanol–water partition coefficient (Wildman–Crippen LogP) is 4.15. The lowest BCUT2D eigenvalue weighted by Crippen LogP contribution is -1.99. The van der Waals surface area contributed by atoms with Crippen molar-refractivity contribution in [1.82, 2.24) is 0 Å². The van der Waals surface area contributed by atoms with Crippen molar-refractivity contribution in [2.75, 3.05) is 7.11 Å². The molecule has 0 saturated carbocycles. The van der Waals surface area contributed by atoms with Gasteiger partial charge in [-0.05, 0) is 65.6 Å². The molecule has 100 valence electrons. The van der Waals surface area contributed by atoms with Crippen LogP contribution in [0.3, 0.4) is 0 Å². The number of fused-ring (bicyclic) bond motifs is 1. The number of ether oxygens (including phenoxy) is 1. The Morgan fingerprint density at radius 1 is 1.00 bits per heavy atom. The topological polar surface area (TPSA) is 26.3 Å². The second kappa shape index (κ2) is 4.97. The zero-order valence-electron chi connectivity index (χ0n) is 11.6. The first kappa shape index (κ1) is 12.7. The molecule has 0 radical (unpaired) electrons. The molecule has 1 aliphatic carbocycles. The molecule has 0 bridgehead atoms. The average molecular weight is 264 g/mol. The Hall–Kier alpha value is -2.35. The van der Waals surface area contributed by atoms with E-state index in [2.05, 4.69) is 18.2 Å². The third-order valence-electron chi connectivity index (χ3n) is 3.59. The van der Waals surface area contributed by atoms with Crippen LogP contribution in [0, 0.1) is 0 Å². The van der Waals surface area contributed by atoms with Crippen LogP contribution in [0.1, 0.15) is 18.9 Å². The molecular formula is C18H16O2. The van der Waals surface area contributed by atoms with Gasteiger partial charge in [-0.2, -0.15) is 0 Å². The van der Waals surface area contributed by atoms with Gasteiger partial charge in [0.05, 0.1) is 7.11 Å². The van der Waals surface area contributed by atoms with Crippen molar-refractivity contribution in [3.8, 4) is 5.75 Å². The molecule has 2 aromatic rings. The van der Waals surface area contributed by atoms with Crippen molar-refractivity contribution >= 4 is 22.1 Å². The molecule has 2 aromatic carbocycles. The molecule has 0 atom stereocenters. The summed E-state index contributed by atoms with van der Waals surface area (Å²) < 4.78 is 5.23. The molecule has 0 amide bonds. The maximum atomic E-state index is 11.6. The summed E-state index contributed by atoms with van der Waals surface area (Å²) in [6.07, 6.45) is 4.28. The van der Waals surface area contributed by atoms with Gasteiger partial charge in [-0.25, -0.2) is 0 Å². The van der Waals surface area contributed by atoms with E-state index in [1.165, 1.54) is 0 Å². The summed E-state index contributed by atoms with van der Waals surface area (Å²) in [5.74, 6) is 0.940. The van der Waals surface area contributed by atoms with Crippen molar-refractivity contribution in [1.29, 1.82) is 0 Å². The lowest BCUT2D eigenvalue weighted by Gasteiger charge is -2.13. The molecule has 3 rings (SSSR count). The van der Waals surface area contributed by atoms with Crippen LogP contribution in [0.15, 0.2) is 54.1 Å². The molecule has 0 N–H and O–H groups in total. The Morgan fingerprint density at radius 2 is 1.75 bits per heavy atom. The van der Waals surface area contributed by atoms with Gasteiger partial charge in [-0.15, -0.1) is 0 Å². The number of carbonyl (C=O) groups excluding carboxylic acids is 1. The minimum Gasteiger partial charge on any atom is -0.497 e. The summed E-state index contributed by atoms with van der Waals surface area (Å²) in [6, 6.07) is 12.3.